The van der Waals surface area contributed by atoms with Crippen molar-refractivity contribution in [1.29, 1.82) is 0 Å². The predicted molar refractivity (Wildman–Crippen MR) is 121 cm³/mol. The first-order chi connectivity index (χ1) is 14.5. The molecule has 1 atom stereocenters. The van der Waals surface area contributed by atoms with Crippen LogP contribution in [0.5, 0.6) is 0 Å². The van der Waals surface area contributed by atoms with Gasteiger partial charge in [0.1, 0.15) is 12.0 Å². The second-order valence-corrected chi connectivity index (χ2v) is 7.19. The number of aliphatic imine (C=N–C) groups is 1. The van der Waals surface area contributed by atoms with Crippen molar-refractivity contribution in [3.63, 3.8) is 0 Å². The zero-order valence-corrected chi connectivity index (χ0v) is 17.7. The lowest BCUT2D eigenvalue weighted by molar-refractivity contribution is 0.470. The summed E-state index contributed by atoms with van der Waals surface area (Å²) in [5.41, 5.74) is 8.70. The van der Waals surface area contributed by atoms with E-state index in [-0.39, 0.29) is 28.3 Å². The van der Waals surface area contributed by atoms with Crippen LogP contribution in [0.25, 0.3) is 17.0 Å². The number of rotatable bonds is 7. The van der Waals surface area contributed by atoms with Crippen molar-refractivity contribution in [3.8, 4) is 0 Å². The number of hydrogen-bond acceptors (Lipinski definition) is 2. The molecule has 0 spiro atoms. The van der Waals surface area contributed by atoms with Gasteiger partial charge in [0, 0.05) is 28.1 Å². The predicted octanol–water partition coefficient (Wildman–Crippen LogP) is 6.75. The van der Waals surface area contributed by atoms with Crippen LogP contribution in [0.1, 0.15) is 41.7 Å². The molecule has 162 valence electrons. The molecule has 0 aliphatic carbocycles. The van der Waals surface area contributed by atoms with Crippen LogP contribution >= 0.6 is 0 Å². The van der Waals surface area contributed by atoms with E-state index >= 15 is 0 Å². The Morgan fingerprint density at radius 2 is 1.48 bits per heavy atom. The third kappa shape index (κ3) is 5.40. The molecule has 2 N–H and O–H groups in total. The zero-order chi connectivity index (χ0) is 23.5. The number of benzene rings is 2. The molecule has 0 saturated carbocycles. The quantitative estimate of drug-likeness (QED) is 0.296. The number of nitrogens with zero attached hydrogens (tertiary/aromatic N) is 1. The molecule has 2 aromatic carbocycles. The SMILES string of the molecule is C=CC(F)/C=C(\N)c1cc(F)c(F)cc1C(=C)N=C(C)c1cc(C)c(F)cc1C(=C)C. The molecule has 0 amide bonds. The molecule has 6 heteroatoms. The summed E-state index contributed by atoms with van der Waals surface area (Å²) >= 11 is 0. The zero-order valence-electron chi connectivity index (χ0n) is 17.7. The van der Waals surface area contributed by atoms with Gasteiger partial charge in [0.2, 0.25) is 0 Å². The standard InChI is InChI=1S/C25H24F4N2/c1-7-17(26)9-25(30)21-12-24(29)23(28)11-20(21)16(6)31-15(5)19-8-14(4)22(27)10-18(19)13(2)3/h7-12,17H,1-2,6,30H2,3-5H3/b25-9-,31-15?. The summed E-state index contributed by atoms with van der Waals surface area (Å²) < 4.78 is 55.5. The number of hydrogen-bond donors (Lipinski definition) is 1. The van der Waals surface area contributed by atoms with Gasteiger partial charge in [0.15, 0.2) is 11.6 Å². The summed E-state index contributed by atoms with van der Waals surface area (Å²) in [6, 6.07) is 4.77. The maximum absolute atomic E-state index is 14.0. The maximum atomic E-state index is 14.0. The Morgan fingerprint density at radius 3 is 2.03 bits per heavy atom. The van der Waals surface area contributed by atoms with Crippen LogP contribution in [0.15, 0.2) is 61.1 Å². The van der Waals surface area contributed by atoms with Crippen molar-refractivity contribution in [2.75, 3.05) is 0 Å². The van der Waals surface area contributed by atoms with Crippen LogP contribution in [0.4, 0.5) is 17.6 Å². The van der Waals surface area contributed by atoms with Gasteiger partial charge in [-0.05, 0) is 62.2 Å². The molecule has 0 bridgehead atoms. The van der Waals surface area contributed by atoms with Crippen LogP contribution < -0.4 is 5.73 Å². The van der Waals surface area contributed by atoms with Gasteiger partial charge in [-0.3, -0.25) is 4.99 Å². The van der Waals surface area contributed by atoms with Gasteiger partial charge < -0.3 is 5.73 Å². The minimum absolute atomic E-state index is 0.0420. The fraction of sp³-hybridized carbons (Fsp3) is 0.160. The van der Waals surface area contributed by atoms with E-state index in [1.165, 1.54) is 6.07 Å². The molecular formula is C25H24F4N2. The van der Waals surface area contributed by atoms with E-state index in [0.717, 1.165) is 24.3 Å². The molecule has 31 heavy (non-hydrogen) atoms. The Bertz CT molecular complexity index is 1130. The molecule has 0 aliphatic rings. The monoisotopic (exact) mass is 428 g/mol. The van der Waals surface area contributed by atoms with E-state index < -0.39 is 17.8 Å². The normalized spacial score (nSPS) is 13.1. The van der Waals surface area contributed by atoms with Gasteiger partial charge in [-0.15, -0.1) is 0 Å². The molecule has 2 rings (SSSR count). The first-order valence-corrected chi connectivity index (χ1v) is 9.40. The van der Waals surface area contributed by atoms with Gasteiger partial charge >= 0.3 is 0 Å². The molecule has 2 aromatic rings. The molecule has 0 heterocycles. The van der Waals surface area contributed by atoms with Crippen molar-refractivity contribution in [1.82, 2.24) is 0 Å². The average Bonchev–Trinajstić information content (AvgIpc) is 2.70. The van der Waals surface area contributed by atoms with E-state index in [0.29, 0.717) is 28.0 Å². The third-order valence-corrected chi connectivity index (χ3v) is 4.70. The molecule has 0 aliphatic heterocycles. The van der Waals surface area contributed by atoms with Crippen molar-refractivity contribution in [2.24, 2.45) is 10.7 Å². The summed E-state index contributed by atoms with van der Waals surface area (Å²) in [4.78, 5) is 4.42. The molecular weight excluding hydrogens is 404 g/mol. The number of halogens is 4. The van der Waals surface area contributed by atoms with Crippen LogP contribution in [0, 0.1) is 24.4 Å². The Kier molecular flexibility index (Phi) is 7.39. The molecule has 0 fully saturated rings. The number of nitrogens with two attached hydrogens (primary N) is 1. The summed E-state index contributed by atoms with van der Waals surface area (Å²) in [5.74, 6) is -2.64. The van der Waals surface area contributed by atoms with Crippen LogP contribution in [0.3, 0.4) is 0 Å². The Hall–Kier alpha value is -3.41. The smallest absolute Gasteiger partial charge is 0.159 e. The topological polar surface area (TPSA) is 38.4 Å². The molecule has 1 unspecified atom stereocenters. The second kappa shape index (κ2) is 9.60. The summed E-state index contributed by atoms with van der Waals surface area (Å²) in [6.07, 6.45) is 0.467. The maximum Gasteiger partial charge on any atom is 0.159 e. The van der Waals surface area contributed by atoms with Crippen LogP contribution in [0.2, 0.25) is 0 Å². The van der Waals surface area contributed by atoms with E-state index in [9.17, 15) is 17.6 Å². The summed E-state index contributed by atoms with van der Waals surface area (Å²) in [5, 5.41) is 0. The summed E-state index contributed by atoms with van der Waals surface area (Å²) in [7, 11) is 0. The Balaban J connectivity index is 2.63. The van der Waals surface area contributed by atoms with Crippen LogP contribution in [-0.4, -0.2) is 11.9 Å². The van der Waals surface area contributed by atoms with Gasteiger partial charge in [-0.2, -0.15) is 0 Å². The van der Waals surface area contributed by atoms with Gasteiger partial charge in [-0.1, -0.05) is 31.4 Å². The molecule has 0 saturated heterocycles. The van der Waals surface area contributed by atoms with Crippen molar-refractivity contribution < 1.29 is 17.6 Å². The fourth-order valence-electron chi connectivity index (χ4n) is 3.01. The number of alkyl halides is 1. The lowest BCUT2D eigenvalue weighted by Crippen LogP contribution is -2.07. The number of allylic oxidation sites excluding steroid dienone is 3. The van der Waals surface area contributed by atoms with E-state index in [1.807, 2.05) is 0 Å². The van der Waals surface area contributed by atoms with E-state index in [1.54, 1.807) is 26.8 Å². The minimum atomic E-state index is -1.57. The minimum Gasteiger partial charge on any atom is -0.398 e. The van der Waals surface area contributed by atoms with Crippen molar-refractivity contribution in [2.45, 2.75) is 26.9 Å². The highest BCUT2D eigenvalue weighted by Gasteiger charge is 2.16. The van der Waals surface area contributed by atoms with Crippen molar-refractivity contribution >= 4 is 22.7 Å². The fourth-order valence-corrected chi connectivity index (χ4v) is 3.01. The van der Waals surface area contributed by atoms with Crippen molar-refractivity contribution in [3.05, 3.63) is 101 Å². The Labute approximate surface area is 179 Å². The summed E-state index contributed by atoms with van der Waals surface area (Å²) in [6.45, 7) is 16.1. The van der Waals surface area contributed by atoms with E-state index in [2.05, 4.69) is 24.7 Å². The van der Waals surface area contributed by atoms with E-state index in [4.69, 9.17) is 5.73 Å². The first-order valence-electron chi connectivity index (χ1n) is 9.40. The highest BCUT2D eigenvalue weighted by Crippen LogP contribution is 2.28. The second-order valence-electron chi connectivity index (χ2n) is 7.19. The van der Waals surface area contributed by atoms with Crippen LogP contribution in [-0.2, 0) is 0 Å². The van der Waals surface area contributed by atoms with Gasteiger partial charge in [0.25, 0.3) is 0 Å². The lowest BCUT2D eigenvalue weighted by Gasteiger charge is -2.14. The average molecular weight is 428 g/mol. The largest absolute Gasteiger partial charge is 0.398 e. The first kappa shape index (κ1) is 23.9. The lowest BCUT2D eigenvalue weighted by atomic mass is 9.96. The number of aryl methyl sites for hydroxylation is 1. The Morgan fingerprint density at radius 1 is 0.935 bits per heavy atom. The third-order valence-electron chi connectivity index (χ3n) is 4.70. The highest BCUT2D eigenvalue weighted by atomic mass is 19.2. The molecule has 2 nitrogen and oxygen atoms in total. The highest BCUT2D eigenvalue weighted by molar-refractivity contribution is 6.05. The van der Waals surface area contributed by atoms with Gasteiger partial charge in [0.05, 0.1) is 5.70 Å². The molecule has 0 radical (unpaired) electrons. The molecule has 0 aromatic heterocycles. The van der Waals surface area contributed by atoms with Gasteiger partial charge in [-0.25, -0.2) is 17.6 Å².